The third-order valence-electron chi connectivity index (χ3n) is 2.68. The number of halogens is 1. The number of hydrogen-bond donors (Lipinski definition) is 2. The molecule has 0 radical (unpaired) electrons. The topological polar surface area (TPSA) is 89.2 Å². The van der Waals surface area contributed by atoms with Crippen molar-refractivity contribution >= 4 is 27.8 Å². The summed E-state index contributed by atoms with van der Waals surface area (Å²) in [5.74, 6) is 6.13. The van der Waals surface area contributed by atoms with E-state index in [2.05, 4.69) is 36.3 Å². The zero-order valence-corrected chi connectivity index (χ0v) is 13.5. The molecule has 7 nitrogen and oxygen atoms in total. The van der Waals surface area contributed by atoms with Crippen LogP contribution in [0.2, 0.25) is 0 Å². The summed E-state index contributed by atoms with van der Waals surface area (Å²) in [6, 6.07) is 8.31. The first kappa shape index (κ1) is 15.5. The van der Waals surface area contributed by atoms with Crippen molar-refractivity contribution in [1.82, 2.24) is 15.0 Å². The van der Waals surface area contributed by atoms with Gasteiger partial charge in [-0.25, -0.2) is 5.84 Å². The predicted octanol–water partition coefficient (Wildman–Crippen LogP) is 1.95. The van der Waals surface area contributed by atoms with Gasteiger partial charge in [-0.2, -0.15) is 15.0 Å². The Bertz CT molecular complexity index is 592. The zero-order chi connectivity index (χ0) is 15.2. The molecule has 2 rings (SSSR count). The molecule has 0 saturated carbocycles. The van der Waals surface area contributed by atoms with E-state index in [4.69, 9.17) is 10.6 Å². The number of aromatic nitrogens is 3. The second kappa shape index (κ2) is 7.19. The Morgan fingerprint density at radius 2 is 1.95 bits per heavy atom. The van der Waals surface area contributed by atoms with Crippen LogP contribution in [0.25, 0.3) is 0 Å². The fourth-order valence-corrected chi connectivity index (χ4v) is 1.97. The van der Waals surface area contributed by atoms with Crippen molar-refractivity contribution < 1.29 is 4.74 Å². The standard InChI is InChI=1S/C13H17BrN6O/c1-3-21-13-17-11(19-15)16-12(18-13)20(2)8-9-4-6-10(14)7-5-9/h4-7H,3,8,15H2,1-2H3,(H,16,17,18,19). The maximum Gasteiger partial charge on any atom is 0.323 e. The van der Waals surface area contributed by atoms with Gasteiger partial charge in [0.15, 0.2) is 0 Å². The summed E-state index contributed by atoms with van der Waals surface area (Å²) < 4.78 is 6.36. The third-order valence-corrected chi connectivity index (χ3v) is 3.21. The highest BCUT2D eigenvalue weighted by atomic mass is 79.9. The molecule has 0 atom stereocenters. The molecule has 112 valence electrons. The van der Waals surface area contributed by atoms with Gasteiger partial charge in [0.05, 0.1) is 6.61 Å². The van der Waals surface area contributed by atoms with Gasteiger partial charge in [0.1, 0.15) is 0 Å². The smallest absolute Gasteiger partial charge is 0.323 e. The molecule has 0 aliphatic heterocycles. The Morgan fingerprint density at radius 1 is 1.24 bits per heavy atom. The van der Waals surface area contributed by atoms with Crippen LogP contribution in [-0.2, 0) is 6.54 Å². The maximum absolute atomic E-state index is 5.37. The Kier molecular flexibility index (Phi) is 5.29. The number of nitrogens with zero attached hydrogens (tertiary/aromatic N) is 4. The first-order valence-corrected chi connectivity index (χ1v) is 7.22. The van der Waals surface area contributed by atoms with E-state index in [-0.39, 0.29) is 12.0 Å². The molecule has 0 amide bonds. The average molecular weight is 353 g/mol. The van der Waals surface area contributed by atoms with Gasteiger partial charge in [-0.1, -0.05) is 28.1 Å². The van der Waals surface area contributed by atoms with E-state index < -0.39 is 0 Å². The molecule has 8 heteroatoms. The normalized spacial score (nSPS) is 10.3. The fraction of sp³-hybridized carbons (Fsp3) is 0.308. The quantitative estimate of drug-likeness (QED) is 0.606. The van der Waals surface area contributed by atoms with Gasteiger partial charge in [-0.15, -0.1) is 0 Å². The number of benzene rings is 1. The minimum absolute atomic E-state index is 0.248. The third kappa shape index (κ3) is 4.27. The van der Waals surface area contributed by atoms with E-state index in [0.29, 0.717) is 19.1 Å². The van der Waals surface area contributed by atoms with Crippen molar-refractivity contribution in [2.45, 2.75) is 13.5 Å². The van der Waals surface area contributed by atoms with E-state index in [9.17, 15) is 0 Å². The zero-order valence-electron chi connectivity index (χ0n) is 11.9. The van der Waals surface area contributed by atoms with Crippen LogP contribution in [0.5, 0.6) is 6.01 Å². The second-order valence-corrected chi connectivity index (χ2v) is 5.22. The number of nitrogens with two attached hydrogens (primary N) is 1. The van der Waals surface area contributed by atoms with Crippen LogP contribution in [0.4, 0.5) is 11.9 Å². The lowest BCUT2D eigenvalue weighted by atomic mass is 10.2. The molecular weight excluding hydrogens is 336 g/mol. The molecule has 0 bridgehead atoms. The number of nitrogens with one attached hydrogen (secondary N) is 1. The summed E-state index contributed by atoms with van der Waals surface area (Å²) in [4.78, 5) is 14.4. The molecular formula is C13H17BrN6O. The first-order chi connectivity index (χ1) is 10.1. The number of nitrogen functional groups attached to an aromatic ring is 1. The lowest BCUT2D eigenvalue weighted by Gasteiger charge is -2.18. The molecule has 2 aromatic rings. The van der Waals surface area contributed by atoms with E-state index in [1.165, 1.54) is 0 Å². The molecule has 0 saturated heterocycles. The van der Waals surface area contributed by atoms with Gasteiger partial charge in [0, 0.05) is 18.1 Å². The molecule has 0 fully saturated rings. The Hall–Kier alpha value is -1.93. The first-order valence-electron chi connectivity index (χ1n) is 6.43. The van der Waals surface area contributed by atoms with Crippen LogP contribution in [0.3, 0.4) is 0 Å². The van der Waals surface area contributed by atoms with E-state index in [0.717, 1.165) is 10.0 Å². The van der Waals surface area contributed by atoms with Crippen molar-refractivity contribution in [2.24, 2.45) is 5.84 Å². The van der Waals surface area contributed by atoms with E-state index in [1.54, 1.807) is 0 Å². The predicted molar refractivity (Wildman–Crippen MR) is 85.1 cm³/mol. The largest absolute Gasteiger partial charge is 0.464 e. The highest BCUT2D eigenvalue weighted by Crippen LogP contribution is 2.17. The van der Waals surface area contributed by atoms with Crippen LogP contribution in [-0.4, -0.2) is 28.6 Å². The van der Waals surface area contributed by atoms with Crippen molar-refractivity contribution in [1.29, 1.82) is 0 Å². The summed E-state index contributed by atoms with van der Waals surface area (Å²) >= 11 is 3.42. The molecule has 21 heavy (non-hydrogen) atoms. The number of ether oxygens (including phenoxy) is 1. The van der Waals surface area contributed by atoms with Crippen LogP contribution in [0, 0.1) is 0 Å². The Labute approximate surface area is 131 Å². The highest BCUT2D eigenvalue weighted by molar-refractivity contribution is 9.10. The summed E-state index contributed by atoms with van der Waals surface area (Å²) in [6.45, 7) is 3.00. The van der Waals surface area contributed by atoms with Crippen molar-refractivity contribution in [3.05, 3.63) is 34.3 Å². The van der Waals surface area contributed by atoms with Gasteiger partial charge in [-0.05, 0) is 24.6 Å². The SMILES string of the molecule is CCOc1nc(NN)nc(N(C)Cc2ccc(Br)cc2)n1. The molecule has 0 spiro atoms. The molecule has 1 aromatic carbocycles. The van der Waals surface area contributed by atoms with E-state index in [1.807, 2.05) is 43.1 Å². The lowest BCUT2D eigenvalue weighted by molar-refractivity contribution is 0.312. The van der Waals surface area contributed by atoms with Crippen molar-refractivity contribution in [2.75, 3.05) is 24.0 Å². The number of hydrazine groups is 1. The van der Waals surface area contributed by atoms with Crippen LogP contribution >= 0.6 is 15.9 Å². The van der Waals surface area contributed by atoms with Gasteiger partial charge in [0.2, 0.25) is 11.9 Å². The number of hydrogen-bond acceptors (Lipinski definition) is 7. The van der Waals surface area contributed by atoms with Gasteiger partial charge in [-0.3, -0.25) is 5.43 Å². The molecule has 1 aromatic heterocycles. The molecule has 1 heterocycles. The molecule has 0 unspecified atom stereocenters. The van der Waals surface area contributed by atoms with E-state index >= 15 is 0 Å². The van der Waals surface area contributed by atoms with Crippen molar-refractivity contribution in [3.8, 4) is 6.01 Å². The van der Waals surface area contributed by atoms with Gasteiger partial charge >= 0.3 is 6.01 Å². The van der Waals surface area contributed by atoms with Gasteiger partial charge in [0.25, 0.3) is 0 Å². The average Bonchev–Trinajstić information content (AvgIpc) is 2.49. The summed E-state index contributed by atoms with van der Waals surface area (Å²) in [5, 5.41) is 0. The molecule has 0 aliphatic carbocycles. The summed E-state index contributed by atoms with van der Waals surface area (Å²) in [5.41, 5.74) is 3.56. The minimum atomic E-state index is 0.248. The number of anilines is 2. The summed E-state index contributed by atoms with van der Waals surface area (Å²) in [7, 11) is 1.90. The van der Waals surface area contributed by atoms with Crippen molar-refractivity contribution in [3.63, 3.8) is 0 Å². The molecule has 3 N–H and O–H groups in total. The lowest BCUT2D eigenvalue weighted by Crippen LogP contribution is -2.21. The van der Waals surface area contributed by atoms with Crippen LogP contribution < -0.4 is 20.9 Å². The monoisotopic (exact) mass is 352 g/mol. The second-order valence-electron chi connectivity index (χ2n) is 4.30. The maximum atomic E-state index is 5.37. The van der Waals surface area contributed by atoms with Crippen LogP contribution in [0.1, 0.15) is 12.5 Å². The fourth-order valence-electron chi connectivity index (χ4n) is 1.71. The summed E-state index contributed by atoms with van der Waals surface area (Å²) in [6.07, 6.45) is 0. The minimum Gasteiger partial charge on any atom is -0.464 e. The Morgan fingerprint density at radius 3 is 2.57 bits per heavy atom. The molecule has 0 aliphatic rings. The Balaban J connectivity index is 2.19. The van der Waals surface area contributed by atoms with Crippen LogP contribution in [0.15, 0.2) is 28.7 Å². The van der Waals surface area contributed by atoms with Gasteiger partial charge < -0.3 is 9.64 Å². The number of rotatable bonds is 6. The highest BCUT2D eigenvalue weighted by Gasteiger charge is 2.11.